The summed E-state index contributed by atoms with van der Waals surface area (Å²) in [5.41, 5.74) is 2.25. The quantitative estimate of drug-likeness (QED) is 0.696. The first-order chi connectivity index (χ1) is 8.19. The summed E-state index contributed by atoms with van der Waals surface area (Å²) in [6.45, 7) is 2.04. The van der Waals surface area contributed by atoms with Gasteiger partial charge in [0.2, 0.25) is 0 Å². The molecule has 2 rings (SSSR count). The number of ether oxygens (including phenoxy) is 1. The lowest BCUT2D eigenvalue weighted by molar-refractivity contribution is 0.478. The van der Waals surface area contributed by atoms with Crippen LogP contribution >= 0.6 is 27.5 Å². The molecule has 88 valence electrons. The monoisotopic (exact) mass is 310 g/mol. The fourth-order valence-electron chi connectivity index (χ4n) is 1.54. The standard InChI is InChI=1S/C14H12BrClO/c1-10-3-2-4-13(7-10)17-14-8-12(16)6-5-11(14)9-15/h2-8H,9H2,1H3. The van der Waals surface area contributed by atoms with Gasteiger partial charge in [-0.3, -0.25) is 0 Å². The summed E-state index contributed by atoms with van der Waals surface area (Å²) >= 11 is 9.41. The maximum atomic E-state index is 5.98. The Bertz CT molecular complexity index is 525. The molecule has 0 saturated heterocycles. The zero-order chi connectivity index (χ0) is 12.3. The number of alkyl halides is 1. The Morgan fingerprint density at radius 3 is 2.71 bits per heavy atom. The Kier molecular flexibility index (Phi) is 4.08. The number of aryl methyl sites for hydroxylation is 1. The zero-order valence-electron chi connectivity index (χ0n) is 9.41. The minimum atomic E-state index is 0.678. The van der Waals surface area contributed by atoms with E-state index in [0.717, 1.165) is 22.4 Å². The third-order valence-electron chi connectivity index (χ3n) is 2.39. The van der Waals surface area contributed by atoms with Crippen molar-refractivity contribution in [1.29, 1.82) is 0 Å². The van der Waals surface area contributed by atoms with Crippen molar-refractivity contribution in [3.05, 3.63) is 58.6 Å². The van der Waals surface area contributed by atoms with Crippen LogP contribution in [-0.2, 0) is 5.33 Å². The highest BCUT2D eigenvalue weighted by molar-refractivity contribution is 9.08. The molecule has 0 fully saturated rings. The Balaban J connectivity index is 2.32. The number of rotatable bonds is 3. The molecule has 0 bridgehead atoms. The van der Waals surface area contributed by atoms with Gasteiger partial charge >= 0.3 is 0 Å². The van der Waals surface area contributed by atoms with E-state index in [9.17, 15) is 0 Å². The normalized spacial score (nSPS) is 10.3. The average molecular weight is 312 g/mol. The van der Waals surface area contributed by atoms with Crippen molar-refractivity contribution in [3.63, 3.8) is 0 Å². The fourth-order valence-corrected chi connectivity index (χ4v) is 2.16. The van der Waals surface area contributed by atoms with Crippen molar-refractivity contribution in [2.45, 2.75) is 12.3 Å². The molecule has 0 amide bonds. The van der Waals surface area contributed by atoms with Crippen LogP contribution in [0.4, 0.5) is 0 Å². The number of hydrogen-bond donors (Lipinski definition) is 0. The second-order valence-electron chi connectivity index (χ2n) is 3.80. The first kappa shape index (κ1) is 12.5. The minimum Gasteiger partial charge on any atom is -0.457 e. The van der Waals surface area contributed by atoms with Crippen molar-refractivity contribution in [2.24, 2.45) is 0 Å². The fraction of sp³-hybridized carbons (Fsp3) is 0.143. The molecule has 17 heavy (non-hydrogen) atoms. The van der Waals surface area contributed by atoms with Gasteiger partial charge in [0.05, 0.1) is 0 Å². The molecular weight excluding hydrogens is 300 g/mol. The first-order valence-electron chi connectivity index (χ1n) is 5.28. The van der Waals surface area contributed by atoms with Gasteiger partial charge in [-0.25, -0.2) is 0 Å². The van der Waals surface area contributed by atoms with Crippen LogP contribution in [0.15, 0.2) is 42.5 Å². The lowest BCUT2D eigenvalue weighted by Crippen LogP contribution is -1.89. The summed E-state index contributed by atoms with van der Waals surface area (Å²) in [5, 5.41) is 1.42. The average Bonchev–Trinajstić information content (AvgIpc) is 2.29. The molecule has 0 spiro atoms. The second-order valence-corrected chi connectivity index (χ2v) is 4.80. The van der Waals surface area contributed by atoms with Crippen LogP contribution in [-0.4, -0.2) is 0 Å². The van der Waals surface area contributed by atoms with Crippen molar-refractivity contribution in [1.82, 2.24) is 0 Å². The van der Waals surface area contributed by atoms with Gasteiger partial charge in [-0.1, -0.05) is 45.7 Å². The van der Waals surface area contributed by atoms with Crippen LogP contribution in [0, 0.1) is 6.92 Å². The minimum absolute atomic E-state index is 0.678. The van der Waals surface area contributed by atoms with Crippen LogP contribution in [0.5, 0.6) is 11.5 Å². The van der Waals surface area contributed by atoms with Crippen LogP contribution in [0.25, 0.3) is 0 Å². The van der Waals surface area contributed by atoms with Crippen molar-refractivity contribution in [3.8, 4) is 11.5 Å². The van der Waals surface area contributed by atoms with Gasteiger partial charge in [0.1, 0.15) is 11.5 Å². The van der Waals surface area contributed by atoms with E-state index < -0.39 is 0 Å². The number of halogens is 2. The largest absolute Gasteiger partial charge is 0.457 e. The predicted octanol–water partition coefficient (Wildman–Crippen LogP) is 5.34. The van der Waals surface area contributed by atoms with E-state index in [0.29, 0.717) is 5.02 Å². The van der Waals surface area contributed by atoms with E-state index in [4.69, 9.17) is 16.3 Å². The van der Waals surface area contributed by atoms with Crippen molar-refractivity contribution in [2.75, 3.05) is 0 Å². The number of benzene rings is 2. The van der Waals surface area contributed by atoms with E-state index >= 15 is 0 Å². The molecule has 0 radical (unpaired) electrons. The summed E-state index contributed by atoms with van der Waals surface area (Å²) < 4.78 is 5.85. The molecule has 0 aliphatic rings. The molecule has 0 aromatic heterocycles. The molecule has 0 atom stereocenters. The highest BCUT2D eigenvalue weighted by atomic mass is 79.9. The first-order valence-corrected chi connectivity index (χ1v) is 6.78. The Morgan fingerprint density at radius 1 is 1.18 bits per heavy atom. The van der Waals surface area contributed by atoms with E-state index in [2.05, 4.69) is 15.9 Å². The summed E-state index contributed by atoms with van der Waals surface area (Å²) in [5.74, 6) is 1.62. The van der Waals surface area contributed by atoms with Crippen molar-refractivity contribution < 1.29 is 4.74 Å². The van der Waals surface area contributed by atoms with Crippen LogP contribution < -0.4 is 4.74 Å². The summed E-state index contributed by atoms with van der Waals surface area (Å²) in [6.07, 6.45) is 0. The Labute approximate surface area is 115 Å². The maximum absolute atomic E-state index is 5.98. The lowest BCUT2D eigenvalue weighted by atomic mass is 10.2. The molecule has 0 N–H and O–H groups in total. The van der Waals surface area contributed by atoms with E-state index in [1.165, 1.54) is 5.56 Å². The SMILES string of the molecule is Cc1cccc(Oc2cc(Cl)ccc2CBr)c1. The van der Waals surface area contributed by atoms with E-state index in [-0.39, 0.29) is 0 Å². The highest BCUT2D eigenvalue weighted by Crippen LogP contribution is 2.30. The molecule has 0 unspecified atom stereocenters. The molecule has 0 aliphatic heterocycles. The zero-order valence-corrected chi connectivity index (χ0v) is 11.8. The predicted molar refractivity (Wildman–Crippen MR) is 75.3 cm³/mol. The summed E-state index contributed by atoms with van der Waals surface area (Å²) in [4.78, 5) is 0. The van der Waals surface area contributed by atoms with Gasteiger partial charge in [0.15, 0.2) is 0 Å². The topological polar surface area (TPSA) is 9.23 Å². The molecule has 1 nitrogen and oxygen atoms in total. The van der Waals surface area contributed by atoms with Gasteiger partial charge < -0.3 is 4.74 Å². The molecule has 0 saturated carbocycles. The highest BCUT2D eigenvalue weighted by Gasteiger charge is 2.05. The van der Waals surface area contributed by atoms with Crippen LogP contribution in [0.2, 0.25) is 5.02 Å². The summed E-state index contributed by atoms with van der Waals surface area (Å²) in [7, 11) is 0. The van der Waals surface area contributed by atoms with Crippen molar-refractivity contribution >= 4 is 27.5 Å². The maximum Gasteiger partial charge on any atom is 0.132 e. The Morgan fingerprint density at radius 2 is 2.00 bits per heavy atom. The second kappa shape index (κ2) is 5.56. The molecule has 0 aliphatic carbocycles. The van der Waals surface area contributed by atoms with E-state index in [1.54, 1.807) is 0 Å². The Hall–Kier alpha value is -0.990. The van der Waals surface area contributed by atoms with Crippen LogP contribution in [0.1, 0.15) is 11.1 Å². The molecule has 0 heterocycles. The van der Waals surface area contributed by atoms with Gasteiger partial charge in [-0.2, -0.15) is 0 Å². The molecule has 2 aromatic rings. The third-order valence-corrected chi connectivity index (χ3v) is 3.23. The summed E-state index contributed by atoms with van der Waals surface area (Å²) in [6, 6.07) is 13.6. The van der Waals surface area contributed by atoms with Gasteiger partial charge in [0.25, 0.3) is 0 Å². The smallest absolute Gasteiger partial charge is 0.132 e. The van der Waals surface area contributed by atoms with Gasteiger partial charge in [0, 0.05) is 15.9 Å². The van der Waals surface area contributed by atoms with Gasteiger partial charge in [-0.15, -0.1) is 0 Å². The third kappa shape index (κ3) is 3.24. The lowest BCUT2D eigenvalue weighted by Gasteiger charge is -2.10. The van der Waals surface area contributed by atoms with Crippen LogP contribution in [0.3, 0.4) is 0 Å². The number of hydrogen-bond acceptors (Lipinski definition) is 1. The molecule has 2 aromatic carbocycles. The molecular formula is C14H12BrClO. The van der Waals surface area contributed by atoms with E-state index in [1.807, 2.05) is 49.4 Å². The van der Waals surface area contributed by atoms with Gasteiger partial charge in [-0.05, 0) is 36.8 Å². The molecule has 3 heteroatoms.